The smallest absolute Gasteiger partial charge is 0.0298 e. The first-order chi connectivity index (χ1) is 8.52. The first-order valence-electron chi connectivity index (χ1n) is 8.52. The number of unbranched alkanes of at least 4 members (excludes halogenated alkanes) is 1. The van der Waals surface area contributed by atoms with Crippen LogP contribution in [0.1, 0.15) is 92.4 Å². The molecule has 1 aliphatic carbocycles. The van der Waals surface area contributed by atoms with E-state index in [1.165, 1.54) is 57.8 Å². The third-order valence-electron chi connectivity index (χ3n) is 5.66. The highest BCUT2D eigenvalue weighted by atomic mass is 14.4. The molecule has 0 saturated heterocycles. The van der Waals surface area contributed by atoms with Crippen LogP contribution >= 0.6 is 0 Å². The van der Waals surface area contributed by atoms with Crippen LogP contribution in [0.2, 0.25) is 0 Å². The molecule has 18 heavy (non-hydrogen) atoms. The van der Waals surface area contributed by atoms with E-state index in [9.17, 15) is 0 Å². The van der Waals surface area contributed by atoms with Crippen LogP contribution in [0.3, 0.4) is 0 Å². The van der Waals surface area contributed by atoms with Gasteiger partial charge in [-0.25, -0.2) is 0 Å². The van der Waals surface area contributed by atoms with Crippen LogP contribution in [-0.4, -0.2) is 0 Å². The van der Waals surface area contributed by atoms with Crippen molar-refractivity contribution < 1.29 is 0 Å². The summed E-state index contributed by atoms with van der Waals surface area (Å²) in [6, 6.07) is 0. The highest BCUT2D eigenvalue weighted by Crippen LogP contribution is 2.47. The molecule has 0 aliphatic heterocycles. The second-order valence-electron chi connectivity index (χ2n) is 7.41. The molecule has 1 rings (SSSR count). The van der Waals surface area contributed by atoms with Crippen LogP contribution < -0.4 is 0 Å². The van der Waals surface area contributed by atoms with Crippen molar-refractivity contribution >= 4 is 0 Å². The molecule has 1 saturated carbocycles. The average Bonchev–Trinajstić information content (AvgIpc) is 2.35. The molecule has 0 heterocycles. The van der Waals surface area contributed by atoms with Crippen molar-refractivity contribution in [3.8, 4) is 0 Å². The predicted octanol–water partition coefficient (Wildman–Crippen LogP) is 6.45. The summed E-state index contributed by atoms with van der Waals surface area (Å²) >= 11 is 0. The van der Waals surface area contributed by atoms with Gasteiger partial charge < -0.3 is 0 Å². The van der Waals surface area contributed by atoms with Gasteiger partial charge in [0.25, 0.3) is 0 Å². The lowest BCUT2D eigenvalue weighted by molar-refractivity contribution is 0.0595. The largest absolute Gasteiger partial charge is 0.0654 e. The SMILES string of the molecule is CCCCC(CCC)C(C)(C)C1CCC(C)CC1. The monoisotopic (exact) mass is 252 g/mol. The van der Waals surface area contributed by atoms with Gasteiger partial charge in [-0.05, 0) is 42.4 Å². The summed E-state index contributed by atoms with van der Waals surface area (Å²) in [5, 5.41) is 0. The van der Waals surface area contributed by atoms with Gasteiger partial charge in [0.05, 0.1) is 0 Å². The number of hydrogen-bond donors (Lipinski definition) is 0. The molecule has 0 N–H and O–H groups in total. The summed E-state index contributed by atoms with van der Waals surface area (Å²) < 4.78 is 0. The van der Waals surface area contributed by atoms with E-state index in [1.807, 2.05) is 0 Å². The maximum atomic E-state index is 2.57. The van der Waals surface area contributed by atoms with E-state index in [-0.39, 0.29) is 0 Å². The number of rotatable bonds is 7. The van der Waals surface area contributed by atoms with E-state index in [0.717, 1.165) is 17.8 Å². The van der Waals surface area contributed by atoms with Crippen molar-refractivity contribution in [3.05, 3.63) is 0 Å². The Hall–Kier alpha value is 0. The van der Waals surface area contributed by atoms with Gasteiger partial charge in [0, 0.05) is 0 Å². The van der Waals surface area contributed by atoms with Crippen LogP contribution in [0.25, 0.3) is 0 Å². The quantitative estimate of drug-likeness (QED) is 0.488. The second-order valence-corrected chi connectivity index (χ2v) is 7.41. The van der Waals surface area contributed by atoms with Crippen molar-refractivity contribution in [2.45, 2.75) is 92.4 Å². The second kappa shape index (κ2) is 7.56. The molecule has 1 aliphatic rings. The van der Waals surface area contributed by atoms with Gasteiger partial charge in [0.2, 0.25) is 0 Å². The van der Waals surface area contributed by atoms with E-state index in [2.05, 4.69) is 34.6 Å². The first kappa shape index (κ1) is 16.1. The summed E-state index contributed by atoms with van der Waals surface area (Å²) in [4.78, 5) is 0. The molecule has 1 fully saturated rings. The van der Waals surface area contributed by atoms with Crippen LogP contribution in [0.4, 0.5) is 0 Å². The van der Waals surface area contributed by atoms with E-state index in [4.69, 9.17) is 0 Å². The van der Waals surface area contributed by atoms with Gasteiger partial charge in [0.1, 0.15) is 0 Å². The van der Waals surface area contributed by atoms with Crippen molar-refractivity contribution in [2.24, 2.45) is 23.2 Å². The normalized spacial score (nSPS) is 27.2. The lowest BCUT2D eigenvalue weighted by Crippen LogP contribution is -2.35. The Bertz CT molecular complexity index is 208. The summed E-state index contributed by atoms with van der Waals surface area (Å²) in [5.74, 6) is 2.93. The zero-order valence-electron chi connectivity index (χ0n) is 13.6. The fraction of sp³-hybridized carbons (Fsp3) is 1.00. The minimum atomic E-state index is 0.575. The zero-order chi connectivity index (χ0) is 13.6. The first-order valence-corrected chi connectivity index (χ1v) is 8.52. The molecule has 0 heteroatoms. The lowest BCUT2D eigenvalue weighted by atomic mass is 9.61. The average molecular weight is 252 g/mol. The summed E-state index contributed by atoms with van der Waals surface area (Å²) in [6.45, 7) is 12.3. The van der Waals surface area contributed by atoms with E-state index in [1.54, 1.807) is 0 Å². The summed E-state index contributed by atoms with van der Waals surface area (Å²) in [6.07, 6.45) is 13.0. The van der Waals surface area contributed by atoms with Crippen molar-refractivity contribution in [2.75, 3.05) is 0 Å². The van der Waals surface area contributed by atoms with E-state index in [0.29, 0.717) is 5.41 Å². The van der Waals surface area contributed by atoms with Gasteiger partial charge in [0.15, 0.2) is 0 Å². The van der Waals surface area contributed by atoms with Gasteiger partial charge in [-0.3, -0.25) is 0 Å². The molecule has 0 aromatic heterocycles. The van der Waals surface area contributed by atoms with Gasteiger partial charge in [-0.1, -0.05) is 73.1 Å². The minimum Gasteiger partial charge on any atom is -0.0654 e. The third kappa shape index (κ3) is 4.28. The summed E-state index contributed by atoms with van der Waals surface area (Å²) in [7, 11) is 0. The van der Waals surface area contributed by atoms with Crippen LogP contribution in [0.15, 0.2) is 0 Å². The fourth-order valence-corrected chi connectivity index (χ4v) is 4.02. The maximum absolute atomic E-state index is 2.57. The number of hydrogen-bond acceptors (Lipinski definition) is 0. The minimum absolute atomic E-state index is 0.575. The predicted molar refractivity (Wildman–Crippen MR) is 82.8 cm³/mol. The molecule has 1 unspecified atom stereocenters. The van der Waals surface area contributed by atoms with Gasteiger partial charge >= 0.3 is 0 Å². The van der Waals surface area contributed by atoms with Crippen LogP contribution in [0.5, 0.6) is 0 Å². The molecular weight excluding hydrogens is 216 g/mol. The molecule has 0 nitrogen and oxygen atoms in total. The lowest BCUT2D eigenvalue weighted by Gasteiger charge is -2.44. The van der Waals surface area contributed by atoms with Crippen molar-refractivity contribution in [3.63, 3.8) is 0 Å². The zero-order valence-corrected chi connectivity index (χ0v) is 13.6. The van der Waals surface area contributed by atoms with Gasteiger partial charge in [-0.15, -0.1) is 0 Å². The fourth-order valence-electron chi connectivity index (χ4n) is 4.02. The van der Waals surface area contributed by atoms with E-state index >= 15 is 0 Å². The maximum Gasteiger partial charge on any atom is -0.0298 e. The Morgan fingerprint density at radius 1 is 0.944 bits per heavy atom. The Morgan fingerprint density at radius 2 is 1.56 bits per heavy atom. The standard InChI is InChI=1S/C18H36/c1-6-8-10-16(9-7-2)18(4,5)17-13-11-15(3)12-14-17/h15-17H,6-14H2,1-5H3. The molecule has 0 bridgehead atoms. The Kier molecular flexibility index (Phi) is 6.74. The molecule has 0 aromatic carbocycles. The van der Waals surface area contributed by atoms with Crippen molar-refractivity contribution in [1.29, 1.82) is 0 Å². The van der Waals surface area contributed by atoms with Crippen LogP contribution in [0, 0.1) is 23.2 Å². The van der Waals surface area contributed by atoms with E-state index < -0.39 is 0 Å². The Balaban J connectivity index is 2.61. The molecule has 0 aromatic rings. The van der Waals surface area contributed by atoms with Crippen LogP contribution in [-0.2, 0) is 0 Å². The molecule has 0 spiro atoms. The molecule has 0 amide bonds. The Labute approximate surface area is 116 Å². The molecule has 1 atom stereocenters. The molecule has 108 valence electrons. The third-order valence-corrected chi connectivity index (χ3v) is 5.66. The molecule has 0 radical (unpaired) electrons. The Morgan fingerprint density at radius 3 is 2.06 bits per heavy atom. The topological polar surface area (TPSA) is 0 Å². The van der Waals surface area contributed by atoms with Crippen molar-refractivity contribution in [1.82, 2.24) is 0 Å². The van der Waals surface area contributed by atoms with Gasteiger partial charge in [-0.2, -0.15) is 0 Å². The highest BCUT2D eigenvalue weighted by molar-refractivity contribution is 4.87. The summed E-state index contributed by atoms with van der Waals surface area (Å²) in [5.41, 5.74) is 0.575. The molecular formula is C18H36. The highest BCUT2D eigenvalue weighted by Gasteiger charge is 2.37.